The number of nitrogens with zero attached hydrogens (tertiary/aromatic N) is 4. The van der Waals surface area contributed by atoms with Crippen molar-refractivity contribution in [2.75, 3.05) is 13.2 Å². The molecule has 0 radical (unpaired) electrons. The van der Waals surface area contributed by atoms with Crippen LogP contribution >= 0.6 is 0 Å². The van der Waals surface area contributed by atoms with Crippen LogP contribution in [-0.4, -0.2) is 24.6 Å². The highest BCUT2D eigenvalue weighted by Gasteiger charge is 2.05. The highest BCUT2D eigenvalue weighted by atomic mass is 16.6. The van der Waals surface area contributed by atoms with Crippen molar-refractivity contribution in [3.05, 3.63) is 65.2 Å². The lowest BCUT2D eigenvalue weighted by Crippen LogP contribution is -2.12. The first-order valence-electron chi connectivity index (χ1n) is 8.08. The summed E-state index contributed by atoms with van der Waals surface area (Å²) in [6.07, 6.45) is 0. The van der Waals surface area contributed by atoms with Crippen LogP contribution in [0.1, 0.15) is 23.6 Å². The lowest BCUT2D eigenvalue weighted by Gasteiger charge is -2.07. The summed E-state index contributed by atoms with van der Waals surface area (Å²) < 4.78 is 5.65. The molecule has 0 aliphatic carbocycles. The van der Waals surface area contributed by atoms with Crippen LogP contribution in [0.4, 0.5) is 0 Å². The maximum atomic E-state index is 5.65. The van der Waals surface area contributed by atoms with Crippen molar-refractivity contribution in [1.82, 2.24) is 0 Å². The summed E-state index contributed by atoms with van der Waals surface area (Å²) in [5.74, 6) is 0.770. The second-order valence-electron chi connectivity index (χ2n) is 5.80. The van der Waals surface area contributed by atoms with Crippen molar-refractivity contribution in [3.8, 4) is 5.75 Å². The van der Waals surface area contributed by atoms with Gasteiger partial charge in [-0.25, -0.2) is 0 Å². The van der Waals surface area contributed by atoms with Crippen LogP contribution in [0, 0.1) is 6.92 Å². The summed E-state index contributed by atoms with van der Waals surface area (Å²) in [6.45, 7) is 5.35. The van der Waals surface area contributed by atoms with Gasteiger partial charge in [-0.3, -0.25) is 0 Å². The van der Waals surface area contributed by atoms with Crippen LogP contribution < -0.4 is 4.74 Å². The molecule has 6 heteroatoms. The molecule has 0 saturated heterocycles. The zero-order valence-electron chi connectivity index (χ0n) is 14.3. The fourth-order valence-corrected chi connectivity index (χ4v) is 2.21. The number of hydrogen-bond donors (Lipinski definition) is 0. The first-order valence-corrected chi connectivity index (χ1v) is 8.08. The number of ether oxygens (including phenoxy) is 1. The number of rotatable bonds is 7. The molecule has 0 bridgehead atoms. The van der Waals surface area contributed by atoms with Crippen molar-refractivity contribution >= 4 is 11.4 Å². The minimum Gasteiger partial charge on any atom is -0.488 e. The minimum absolute atomic E-state index is 0.402. The molecule has 2 aromatic carbocycles. The van der Waals surface area contributed by atoms with E-state index in [4.69, 9.17) is 9.57 Å². The zero-order valence-corrected chi connectivity index (χ0v) is 14.3. The molecule has 1 aliphatic heterocycles. The molecule has 0 saturated carbocycles. The van der Waals surface area contributed by atoms with Gasteiger partial charge in [-0.2, -0.15) is 5.11 Å². The third-order valence-corrected chi connectivity index (χ3v) is 3.73. The first-order chi connectivity index (χ1) is 12.2. The number of oxime groups is 1. The lowest BCUT2D eigenvalue weighted by atomic mass is 10.1. The summed E-state index contributed by atoms with van der Waals surface area (Å²) in [7, 11) is 0. The number of hydrogen-bond acceptors (Lipinski definition) is 6. The summed E-state index contributed by atoms with van der Waals surface area (Å²) in [5, 5.41) is 15.4. The third-order valence-electron chi connectivity index (χ3n) is 3.73. The standard InChI is InChI=1S/C19H20N4O2/c1-14-3-5-16(6-4-14)12-25-22-15(2)17-7-9-19(10-8-17)24-13-18-11-20-23-21-18/h3-10H,11-13H2,1-2H3/b22-15+. The van der Waals surface area contributed by atoms with Gasteiger partial charge in [0.25, 0.3) is 0 Å². The molecule has 128 valence electrons. The Morgan fingerprint density at radius 3 is 2.48 bits per heavy atom. The molecule has 1 aliphatic rings. The molecular formula is C19H20N4O2. The van der Waals surface area contributed by atoms with E-state index in [2.05, 4.69) is 39.7 Å². The smallest absolute Gasteiger partial charge is 0.142 e. The summed E-state index contributed by atoms with van der Waals surface area (Å²) >= 11 is 0. The van der Waals surface area contributed by atoms with E-state index in [-0.39, 0.29) is 0 Å². The Labute approximate surface area is 146 Å². The first kappa shape index (κ1) is 16.8. The molecule has 25 heavy (non-hydrogen) atoms. The molecule has 3 rings (SSSR count). The van der Waals surface area contributed by atoms with Crippen molar-refractivity contribution in [2.24, 2.45) is 20.6 Å². The van der Waals surface area contributed by atoms with E-state index in [0.29, 0.717) is 19.8 Å². The molecule has 2 aromatic rings. The highest BCUT2D eigenvalue weighted by molar-refractivity contribution is 5.98. The van der Waals surface area contributed by atoms with E-state index < -0.39 is 0 Å². The molecule has 0 spiro atoms. The zero-order chi connectivity index (χ0) is 17.5. The van der Waals surface area contributed by atoms with Gasteiger partial charge in [0.15, 0.2) is 0 Å². The molecule has 0 N–H and O–H groups in total. The maximum Gasteiger partial charge on any atom is 0.142 e. The predicted molar refractivity (Wildman–Crippen MR) is 97.3 cm³/mol. The van der Waals surface area contributed by atoms with Gasteiger partial charge in [-0.05, 0) is 54.5 Å². The fourth-order valence-electron chi connectivity index (χ4n) is 2.21. The highest BCUT2D eigenvalue weighted by Crippen LogP contribution is 2.14. The average molecular weight is 336 g/mol. The SMILES string of the molecule is C/C(=N\OCc1ccc(C)cc1)c1ccc(OCC2=NN=NC2)cc1. The summed E-state index contributed by atoms with van der Waals surface area (Å²) in [5.41, 5.74) is 4.95. The predicted octanol–water partition coefficient (Wildman–Crippen LogP) is 4.14. The van der Waals surface area contributed by atoms with Crippen LogP contribution in [0.15, 0.2) is 69.1 Å². The largest absolute Gasteiger partial charge is 0.488 e. The second kappa shape index (κ2) is 8.19. The molecule has 0 aromatic heterocycles. The molecule has 0 fully saturated rings. The van der Waals surface area contributed by atoms with Gasteiger partial charge in [0.05, 0.1) is 5.71 Å². The van der Waals surface area contributed by atoms with Crippen molar-refractivity contribution in [2.45, 2.75) is 20.5 Å². The Bertz CT molecular complexity index is 793. The number of benzene rings is 2. The summed E-state index contributed by atoms with van der Waals surface area (Å²) in [4.78, 5) is 5.44. The summed E-state index contributed by atoms with van der Waals surface area (Å²) in [6, 6.07) is 15.9. The number of aryl methyl sites for hydroxylation is 1. The van der Waals surface area contributed by atoms with E-state index in [1.807, 2.05) is 43.3 Å². The molecule has 0 atom stereocenters. The van der Waals surface area contributed by atoms with Crippen LogP contribution in [0.2, 0.25) is 0 Å². The van der Waals surface area contributed by atoms with Crippen LogP contribution in [0.25, 0.3) is 0 Å². The van der Waals surface area contributed by atoms with E-state index in [9.17, 15) is 0 Å². The Hall–Kier alpha value is -3.02. The van der Waals surface area contributed by atoms with Crippen LogP contribution in [-0.2, 0) is 11.4 Å². The molecule has 1 heterocycles. The molecule has 0 amide bonds. The maximum absolute atomic E-state index is 5.65. The van der Waals surface area contributed by atoms with Gasteiger partial charge >= 0.3 is 0 Å². The van der Waals surface area contributed by atoms with E-state index in [0.717, 1.165) is 28.3 Å². The lowest BCUT2D eigenvalue weighted by molar-refractivity contribution is 0.130. The van der Waals surface area contributed by atoms with Crippen molar-refractivity contribution in [3.63, 3.8) is 0 Å². The second-order valence-corrected chi connectivity index (χ2v) is 5.80. The quantitative estimate of drug-likeness (QED) is 0.563. The van der Waals surface area contributed by atoms with Gasteiger partial charge in [-0.15, -0.1) is 5.10 Å². The van der Waals surface area contributed by atoms with Gasteiger partial charge < -0.3 is 9.57 Å². The van der Waals surface area contributed by atoms with E-state index >= 15 is 0 Å². The molecular weight excluding hydrogens is 316 g/mol. The van der Waals surface area contributed by atoms with Crippen molar-refractivity contribution in [1.29, 1.82) is 0 Å². The van der Waals surface area contributed by atoms with E-state index in [1.165, 1.54) is 5.56 Å². The fraction of sp³-hybridized carbons (Fsp3) is 0.263. The normalized spacial score (nSPS) is 13.7. The average Bonchev–Trinajstić information content (AvgIpc) is 3.15. The minimum atomic E-state index is 0.402. The third kappa shape index (κ3) is 4.97. The van der Waals surface area contributed by atoms with Gasteiger partial charge in [-0.1, -0.05) is 35.0 Å². The molecule has 0 unspecified atom stereocenters. The van der Waals surface area contributed by atoms with Crippen LogP contribution in [0.5, 0.6) is 5.75 Å². The Kier molecular flexibility index (Phi) is 5.51. The van der Waals surface area contributed by atoms with Gasteiger partial charge in [0, 0.05) is 0 Å². The van der Waals surface area contributed by atoms with Gasteiger partial charge in [0.2, 0.25) is 0 Å². The van der Waals surface area contributed by atoms with Crippen LogP contribution in [0.3, 0.4) is 0 Å². The monoisotopic (exact) mass is 336 g/mol. The van der Waals surface area contributed by atoms with Crippen molar-refractivity contribution < 1.29 is 9.57 Å². The Balaban J connectivity index is 1.50. The Morgan fingerprint density at radius 2 is 1.80 bits per heavy atom. The molecule has 6 nitrogen and oxygen atoms in total. The Morgan fingerprint density at radius 1 is 1.04 bits per heavy atom. The topological polar surface area (TPSA) is 67.9 Å². The van der Waals surface area contributed by atoms with E-state index in [1.54, 1.807) is 0 Å². The van der Waals surface area contributed by atoms with Gasteiger partial charge in [0.1, 0.15) is 31.2 Å².